The molecular formula is C28H22N4O2. The van der Waals surface area contributed by atoms with Crippen LogP contribution in [0.3, 0.4) is 0 Å². The van der Waals surface area contributed by atoms with Crippen molar-refractivity contribution < 1.29 is 9.53 Å². The molecule has 0 saturated heterocycles. The van der Waals surface area contributed by atoms with Crippen molar-refractivity contribution in [3.05, 3.63) is 107 Å². The summed E-state index contributed by atoms with van der Waals surface area (Å²) in [6.45, 7) is 2.47. The van der Waals surface area contributed by atoms with Crippen LogP contribution >= 0.6 is 0 Å². The van der Waals surface area contributed by atoms with Gasteiger partial charge in [0.15, 0.2) is 5.78 Å². The molecule has 0 bridgehead atoms. The molecular weight excluding hydrogens is 424 g/mol. The summed E-state index contributed by atoms with van der Waals surface area (Å²) in [6.07, 6.45) is 1.85. The van der Waals surface area contributed by atoms with Crippen molar-refractivity contribution in [3.63, 3.8) is 0 Å². The predicted octanol–water partition coefficient (Wildman–Crippen LogP) is 6.07. The number of rotatable bonds is 5. The Hall–Kier alpha value is -4.63. The predicted molar refractivity (Wildman–Crippen MR) is 132 cm³/mol. The molecule has 0 fully saturated rings. The third kappa shape index (κ3) is 4.32. The zero-order chi connectivity index (χ0) is 23.5. The van der Waals surface area contributed by atoms with E-state index in [4.69, 9.17) is 4.74 Å². The number of ether oxygens (including phenoxy) is 1. The molecule has 6 nitrogen and oxygen atoms in total. The van der Waals surface area contributed by atoms with Gasteiger partial charge in [0.25, 0.3) is 0 Å². The lowest BCUT2D eigenvalue weighted by Crippen LogP contribution is -2.08. The number of ketones is 1. The second-order valence-corrected chi connectivity index (χ2v) is 8.17. The molecule has 34 heavy (non-hydrogen) atoms. The van der Waals surface area contributed by atoms with Gasteiger partial charge < -0.3 is 15.4 Å². The van der Waals surface area contributed by atoms with Crippen LogP contribution in [0.2, 0.25) is 0 Å². The van der Waals surface area contributed by atoms with E-state index in [9.17, 15) is 10.1 Å². The Kier molecular flexibility index (Phi) is 5.67. The van der Waals surface area contributed by atoms with Gasteiger partial charge in [-0.3, -0.25) is 4.79 Å². The molecule has 6 heteroatoms. The molecule has 2 N–H and O–H groups in total. The van der Waals surface area contributed by atoms with Crippen LogP contribution in [-0.4, -0.2) is 10.8 Å². The molecule has 5 rings (SSSR count). The van der Waals surface area contributed by atoms with Crippen LogP contribution in [0.15, 0.2) is 79.0 Å². The van der Waals surface area contributed by atoms with E-state index in [1.165, 1.54) is 0 Å². The number of carbonyl (C=O) groups is 1. The third-order valence-corrected chi connectivity index (χ3v) is 5.79. The average Bonchev–Trinajstić information content (AvgIpc) is 3.00. The van der Waals surface area contributed by atoms with Crippen LogP contribution in [0.4, 0.5) is 22.9 Å². The highest BCUT2D eigenvalue weighted by molar-refractivity contribution is 6.09. The van der Waals surface area contributed by atoms with Gasteiger partial charge in [0.1, 0.15) is 18.2 Å². The van der Waals surface area contributed by atoms with E-state index < -0.39 is 0 Å². The molecule has 1 aliphatic rings. The summed E-state index contributed by atoms with van der Waals surface area (Å²) in [6, 6.07) is 25.1. The summed E-state index contributed by atoms with van der Waals surface area (Å²) in [5.41, 5.74) is 6.20. The van der Waals surface area contributed by atoms with Gasteiger partial charge in [0, 0.05) is 30.1 Å². The van der Waals surface area contributed by atoms with Crippen molar-refractivity contribution in [2.24, 2.45) is 0 Å². The highest BCUT2D eigenvalue weighted by Gasteiger charge is 2.24. The average molecular weight is 447 g/mol. The van der Waals surface area contributed by atoms with Crippen molar-refractivity contribution in [2.45, 2.75) is 20.0 Å². The first kappa shape index (κ1) is 21.2. The van der Waals surface area contributed by atoms with Crippen molar-refractivity contribution in [2.75, 3.05) is 10.6 Å². The number of pyridine rings is 1. The number of nitrogens with zero attached hydrogens (tertiary/aromatic N) is 2. The Morgan fingerprint density at radius 1 is 1.06 bits per heavy atom. The first-order valence-corrected chi connectivity index (χ1v) is 11.0. The fraction of sp³-hybridized carbons (Fsp3) is 0.107. The van der Waals surface area contributed by atoms with Crippen LogP contribution in [0.5, 0.6) is 5.75 Å². The number of fused-ring (bicyclic) bond motifs is 2. The molecule has 0 saturated carbocycles. The van der Waals surface area contributed by atoms with Crippen LogP contribution in [0, 0.1) is 18.3 Å². The Morgan fingerprint density at radius 2 is 1.91 bits per heavy atom. The minimum absolute atomic E-state index is 0.0684. The van der Waals surface area contributed by atoms with E-state index in [2.05, 4.69) is 21.7 Å². The van der Waals surface area contributed by atoms with Crippen LogP contribution in [0.25, 0.3) is 0 Å². The molecule has 0 radical (unpaired) electrons. The molecule has 4 aromatic rings. The lowest BCUT2D eigenvalue weighted by Gasteiger charge is -2.16. The molecule has 0 amide bonds. The topological polar surface area (TPSA) is 87.0 Å². The summed E-state index contributed by atoms with van der Waals surface area (Å²) in [4.78, 5) is 17.7. The lowest BCUT2D eigenvalue weighted by atomic mass is 10.0. The normalized spacial score (nSPS) is 11.9. The molecule has 166 valence electrons. The molecule has 1 aliphatic heterocycles. The van der Waals surface area contributed by atoms with Gasteiger partial charge in [-0.05, 0) is 53.9 Å². The highest BCUT2D eigenvalue weighted by Crippen LogP contribution is 2.35. The van der Waals surface area contributed by atoms with E-state index in [0.717, 1.165) is 33.8 Å². The number of benzene rings is 3. The van der Waals surface area contributed by atoms with E-state index in [1.807, 2.05) is 61.5 Å². The number of nitriles is 1. The Labute approximate surface area is 197 Å². The van der Waals surface area contributed by atoms with Crippen LogP contribution in [-0.2, 0) is 13.0 Å². The number of hydrogen-bond donors (Lipinski definition) is 2. The second kappa shape index (κ2) is 9.08. The van der Waals surface area contributed by atoms with Gasteiger partial charge in [0.2, 0.25) is 0 Å². The van der Waals surface area contributed by atoms with E-state index in [-0.39, 0.29) is 12.2 Å². The van der Waals surface area contributed by atoms with Gasteiger partial charge in [-0.2, -0.15) is 5.26 Å². The van der Waals surface area contributed by atoms with Crippen LogP contribution in [0.1, 0.15) is 32.6 Å². The number of carbonyl (C=O) groups excluding carboxylic acids is 1. The minimum atomic E-state index is -0.0684. The Morgan fingerprint density at radius 3 is 2.74 bits per heavy atom. The van der Waals surface area contributed by atoms with E-state index in [1.54, 1.807) is 24.4 Å². The molecule has 1 aromatic heterocycles. The monoisotopic (exact) mass is 446 g/mol. The SMILES string of the molecule is Cc1ccc(OCc2ccccc2)cc1Nc1ccnc2c1C(=O)Cc1cc(C#N)ccc1N2. The summed E-state index contributed by atoms with van der Waals surface area (Å²) in [5, 5.41) is 15.9. The Balaban J connectivity index is 1.43. The first-order valence-electron chi connectivity index (χ1n) is 11.0. The fourth-order valence-corrected chi connectivity index (χ4v) is 3.97. The van der Waals surface area contributed by atoms with Crippen LogP contribution < -0.4 is 15.4 Å². The highest BCUT2D eigenvalue weighted by atomic mass is 16.5. The fourth-order valence-electron chi connectivity index (χ4n) is 3.97. The third-order valence-electron chi connectivity index (χ3n) is 5.79. The molecule has 2 heterocycles. The van der Waals surface area contributed by atoms with Gasteiger partial charge in [-0.25, -0.2) is 4.98 Å². The summed E-state index contributed by atoms with van der Waals surface area (Å²) >= 11 is 0. The molecule has 0 unspecified atom stereocenters. The van der Waals surface area contributed by atoms with Crippen molar-refractivity contribution in [1.29, 1.82) is 5.26 Å². The van der Waals surface area contributed by atoms with Crippen molar-refractivity contribution in [3.8, 4) is 11.8 Å². The van der Waals surface area contributed by atoms with Gasteiger partial charge in [0.05, 0.1) is 22.9 Å². The lowest BCUT2D eigenvalue weighted by molar-refractivity contribution is 0.0995. The number of aromatic nitrogens is 1. The maximum Gasteiger partial charge on any atom is 0.173 e. The maximum atomic E-state index is 13.3. The van der Waals surface area contributed by atoms with E-state index >= 15 is 0 Å². The van der Waals surface area contributed by atoms with Crippen molar-refractivity contribution >= 4 is 28.7 Å². The summed E-state index contributed by atoms with van der Waals surface area (Å²) in [5.74, 6) is 1.16. The van der Waals surface area contributed by atoms with Crippen molar-refractivity contribution in [1.82, 2.24) is 4.98 Å². The van der Waals surface area contributed by atoms with Gasteiger partial charge in [-0.1, -0.05) is 36.4 Å². The smallest absolute Gasteiger partial charge is 0.173 e. The minimum Gasteiger partial charge on any atom is -0.489 e. The molecule has 0 aliphatic carbocycles. The standard InChI is InChI=1S/C28H22N4O2/c1-18-7-9-22(34-17-19-5-3-2-4-6-19)15-25(18)31-24-11-12-30-28-27(24)26(33)14-21-13-20(16-29)8-10-23(21)32-28/h2-13,15H,14,17H2,1H3,(H2,30,31,32). The molecule has 3 aromatic carbocycles. The number of hydrogen-bond acceptors (Lipinski definition) is 6. The molecule has 0 spiro atoms. The zero-order valence-corrected chi connectivity index (χ0v) is 18.6. The molecule has 0 atom stereocenters. The first-order chi connectivity index (χ1) is 16.6. The quantitative estimate of drug-likeness (QED) is 0.387. The summed E-state index contributed by atoms with van der Waals surface area (Å²) in [7, 11) is 0. The zero-order valence-electron chi connectivity index (χ0n) is 18.6. The second-order valence-electron chi connectivity index (χ2n) is 8.17. The summed E-state index contributed by atoms with van der Waals surface area (Å²) < 4.78 is 5.99. The maximum absolute atomic E-state index is 13.3. The number of aryl methyl sites for hydroxylation is 1. The number of nitrogens with one attached hydrogen (secondary N) is 2. The Bertz CT molecular complexity index is 1420. The van der Waals surface area contributed by atoms with Gasteiger partial charge >= 0.3 is 0 Å². The largest absolute Gasteiger partial charge is 0.489 e. The van der Waals surface area contributed by atoms with Gasteiger partial charge in [-0.15, -0.1) is 0 Å². The number of anilines is 4. The van der Waals surface area contributed by atoms with E-state index in [0.29, 0.717) is 29.2 Å². The number of Topliss-reactive ketones (excluding diaryl/α,β-unsaturated/α-hetero) is 1.